The van der Waals surface area contributed by atoms with Crippen LogP contribution in [-0.4, -0.2) is 41.3 Å². The minimum Gasteiger partial charge on any atom is -0.512 e. The fraction of sp³-hybridized carbons (Fsp3) is 0.442. The Morgan fingerprint density at radius 1 is 0.692 bits per heavy atom. The van der Waals surface area contributed by atoms with E-state index in [4.69, 9.17) is 14.0 Å². The third-order valence-corrected chi connectivity index (χ3v) is 10.9. The van der Waals surface area contributed by atoms with Crippen LogP contribution in [0.1, 0.15) is 119 Å². The predicted octanol–water partition coefficient (Wildman–Crippen LogP) is 8.74. The zero-order valence-electron chi connectivity index (χ0n) is 32.4. The molecule has 4 N–H and O–H groups in total. The van der Waals surface area contributed by atoms with E-state index >= 15 is 0 Å². The summed E-state index contributed by atoms with van der Waals surface area (Å²) in [5.74, 6) is 2.52. The molecule has 9 heteroatoms. The number of para-hydroxylation sites is 1. The summed E-state index contributed by atoms with van der Waals surface area (Å²) in [5.41, 5.74) is 7.40. The van der Waals surface area contributed by atoms with Gasteiger partial charge in [0.1, 0.15) is 17.2 Å². The third-order valence-electron chi connectivity index (χ3n) is 10.9. The summed E-state index contributed by atoms with van der Waals surface area (Å²) in [4.78, 5) is 0. The molecule has 0 saturated heterocycles. The normalized spacial score (nSPS) is 16.3. The highest BCUT2D eigenvalue weighted by atomic mass is 16.6. The van der Waals surface area contributed by atoms with E-state index in [1.807, 2.05) is 42.5 Å². The first-order valence-corrected chi connectivity index (χ1v) is 18.7. The van der Waals surface area contributed by atoms with Crippen LogP contribution in [0.3, 0.4) is 0 Å². The molecule has 0 aromatic heterocycles. The first-order valence-electron chi connectivity index (χ1n) is 18.7. The number of benzene rings is 4. The highest BCUT2D eigenvalue weighted by Gasteiger charge is 2.52. The number of hydrogen-bond donors (Lipinski definition) is 4. The van der Waals surface area contributed by atoms with Crippen LogP contribution in [-0.2, 0) is 5.41 Å². The van der Waals surface area contributed by atoms with Gasteiger partial charge in [0.2, 0.25) is 0 Å². The van der Waals surface area contributed by atoms with Crippen LogP contribution in [0.25, 0.3) is 11.1 Å². The van der Waals surface area contributed by atoms with Gasteiger partial charge in [-0.2, -0.15) is 0 Å². The minimum atomic E-state index is -2.02. The van der Waals surface area contributed by atoms with E-state index in [0.29, 0.717) is 29.9 Å². The molecule has 3 atom stereocenters. The van der Waals surface area contributed by atoms with Gasteiger partial charge in [0.05, 0.1) is 12.0 Å². The van der Waals surface area contributed by atoms with Crippen LogP contribution in [0.4, 0.5) is 0 Å². The maximum absolute atomic E-state index is 10.2. The molecule has 0 heterocycles. The Bertz CT molecular complexity index is 1850. The summed E-state index contributed by atoms with van der Waals surface area (Å²) in [6.45, 7) is 20.2. The molecular formula is C43H56B2O7. The van der Waals surface area contributed by atoms with Gasteiger partial charge >= 0.3 is 14.6 Å². The number of rotatable bonds is 15. The first kappa shape index (κ1) is 39.5. The Morgan fingerprint density at radius 2 is 1.38 bits per heavy atom. The highest BCUT2D eigenvalue weighted by Crippen LogP contribution is 2.63. The van der Waals surface area contributed by atoms with Gasteiger partial charge in [-0.25, -0.2) is 0 Å². The van der Waals surface area contributed by atoms with Gasteiger partial charge in [0.15, 0.2) is 0 Å². The molecule has 0 aliphatic heterocycles. The van der Waals surface area contributed by atoms with Crippen molar-refractivity contribution in [3.05, 3.63) is 112 Å². The molecule has 276 valence electrons. The van der Waals surface area contributed by atoms with Gasteiger partial charge in [-0.1, -0.05) is 122 Å². The first-order chi connectivity index (χ1) is 24.5. The van der Waals surface area contributed by atoms with Gasteiger partial charge in [-0.3, -0.25) is 0 Å². The lowest BCUT2D eigenvalue weighted by molar-refractivity contribution is 0.271. The molecule has 3 unspecified atom stereocenters. The maximum atomic E-state index is 10.2. The van der Waals surface area contributed by atoms with Crippen molar-refractivity contribution in [2.24, 2.45) is 17.3 Å². The van der Waals surface area contributed by atoms with E-state index in [2.05, 4.69) is 86.6 Å². The summed E-state index contributed by atoms with van der Waals surface area (Å²) in [7, 11) is -4.02. The molecule has 1 aliphatic rings. The van der Waals surface area contributed by atoms with Crippen molar-refractivity contribution in [3.8, 4) is 28.4 Å². The lowest BCUT2D eigenvalue weighted by Crippen LogP contribution is -2.34. The van der Waals surface area contributed by atoms with Crippen molar-refractivity contribution in [1.29, 1.82) is 0 Å². The largest absolute Gasteiger partial charge is 0.707 e. The Balaban J connectivity index is 1.86. The van der Waals surface area contributed by atoms with Crippen molar-refractivity contribution >= 4 is 14.6 Å². The van der Waals surface area contributed by atoms with Gasteiger partial charge in [0, 0.05) is 11.1 Å². The van der Waals surface area contributed by atoms with Gasteiger partial charge in [0.25, 0.3) is 0 Å². The van der Waals surface area contributed by atoms with Gasteiger partial charge in [-0.05, 0) is 101 Å². The zero-order chi connectivity index (χ0) is 38.0. The Labute approximate surface area is 311 Å². The van der Waals surface area contributed by atoms with Crippen LogP contribution in [0, 0.1) is 31.1 Å². The Kier molecular flexibility index (Phi) is 12.2. The minimum absolute atomic E-state index is 0.121. The van der Waals surface area contributed by atoms with Crippen molar-refractivity contribution in [3.63, 3.8) is 0 Å². The van der Waals surface area contributed by atoms with E-state index in [1.165, 1.54) is 12.8 Å². The summed E-state index contributed by atoms with van der Waals surface area (Å²) < 4.78 is 18.2. The smallest absolute Gasteiger partial charge is 0.512 e. The molecule has 0 fully saturated rings. The second-order valence-electron chi connectivity index (χ2n) is 16.2. The topological polar surface area (TPSA) is 109 Å². The summed E-state index contributed by atoms with van der Waals surface area (Å²) in [6.07, 6.45) is 4.50. The van der Waals surface area contributed by atoms with Crippen LogP contribution in [0.2, 0.25) is 0 Å². The molecular weight excluding hydrogens is 650 g/mol. The molecule has 4 aromatic rings. The van der Waals surface area contributed by atoms with E-state index < -0.39 is 20.1 Å². The van der Waals surface area contributed by atoms with E-state index in [-0.39, 0.29) is 11.3 Å². The summed E-state index contributed by atoms with van der Waals surface area (Å²) in [5, 5.41) is 40.3. The molecule has 1 aliphatic carbocycles. The third kappa shape index (κ3) is 8.08. The van der Waals surface area contributed by atoms with E-state index in [9.17, 15) is 20.1 Å². The molecule has 4 aromatic carbocycles. The fourth-order valence-corrected chi connectivity index (χ4v) is 7.84. The van der Waals surface area contributed by atoms with Gasteiger partial charge < -0.3 is 34.1 Å². The lowest BCUT2D eigenvalue weighted by atomic mass is 9.62. The van der Waals surface area contributed by atoms with E-state index in [0.717, 1.165) is 68.7 Å². The Morgan fingerprint density at radius 3 is 2.06 bits per heavy atom. The standard InChI is InChI=1S/C43H56B2O7/c1-27(2)13-12-14-28(3)23-24-50-38-16-11-10-15-35(38)43(36-25-29(4)17-18-30(36)5)37-26-32(51-44(46)47)19-20-33(37)34-21-22-39(52-45(48)49)40(41(34)43)31(6)42(7,8)9/h10-11,15-22,25-28,31,46-49H,12-14,23-24H2,1-9H3. The van der Waals surface area contributed by atoms with Crippen molar-refractivity contribution in [2.45, 2.75) is 99.3 Å². The number of hydrogen-bond acceptors (Lipinski definition) is 7. The molecule has 5 rings (SSSR count). The molecule has 52 heavy (non-hydrogen) atoms. The van der Waals surface area contributed by atoms with Crippen molar-refractivity contribution in [1.82, 2.24) is 0 Å². The van der Waals surface area contributed by atoms with Crippen molar-refractivity contribution in [2.75, 3.05) is 6.61 Å². The zero-order valence-corrected chi connectivity index (χ0v) is 32.4. The number of aryl methyl sites for hydroxylation is 2. The van der Waals surface area contributed by atoms with Crippen LogP contribution in [0.15, 0.2) is 72.8 Å². The summed E-state index contributed by atoms with van der Waals surface area (Å²) in [6, 6.07) is 24.1. The molecule has 0 bridgehead atoms. The lowest BCUT2D eigenvalue weighted by Gasteiger charge is -2.40. The molecule has 0 saturated carbocycles. The molecule has 0 spiro atoms. The van der Waals surface area contributed by atoms with Crippen LogP contribution in [0.5, 0.6) is 17.2 Å². The molecule has 0 radical (unpaired) electrons. The van der Waals surface area contributed by atoms with Crippen LogP contribution < -0.4 is 14.0 Å². The number of fused-ring (bicyclic) bond motifs is 3. The quantitative estimate of drug-likeness (QED) is 0.0807. The highest BCUT2D eigenvalue weighted by molar-refractivity contribution is 6.34. The summed E-state index contributed by atoms with van der Waals surface area (Å²) >= 11 is 0. The average Bonchev–Trinajstić information content (AvgIpc) is 3.34. The maximum Gasteiger partial charge on any atom is 0.707 e. The molecule has 7 nitrogen and oxygen atoms in total. The SMILES string of the molecule is Cc1ccc(C)c(C2(c3ccccc3OCCC(C)CCCC(C)C)c3cc(OB(O)O)ccc3-c3ccc(OB(O)O)c(C(C)C(C)(C)C)c32)c1. The second-order valence-corrected chi connectivity index (χ2v) is 16.2. The van der Waals surface area contributed by atoms with E-state index in [1.54, 1.807) is 6.07 Å². The Hall–Kier alpha value is -3.75. The predicted molar refractivity (Wildman–Crippen MR) is 211 cm³/mol. The monoisotopic (exact) mass is 706 g/mol. The average molecular weight is 707 g/mol. The number of ether oxygens (including phenoxy) is 1. The van der Waals surface area contributed by atoms with Gasteiger partial charge in [-0.15, -0.1) is 0 Å². The van der Waals surface area contributed by atoms with Crippen LogP contribution >= 0.6 is 0 Å². The fourth-order valence-electron chi connectivity index (χ4n) is 7.84. The molecule has 0 amide bonds. The van der Waals surface area contributed by atoms with Crippen molar-refractivity contribution < 1.29 is 34.1 Å². The second kappa shape index (κ2) is 16.1.